The van der Waals surface area contributed by atoms with Crippen LogP contribution in [-0.2, 0) is 4.74 Å². The van der Waals surface area contributed by atoms with Gasteiger partial charge in [-0.15, -0.1) is 0 Å². The normalized spacial score (nSPS) is 34.1. The Kier molecular flexibility index (Phi) is 5.02. The molecule has 0 bridgehead atoms. The molecule has 1 rings (SSSR count). The lowest BCUT2D eigenvalue weighted by molar-refractivity contribution is -0.0305. The van der Waals surface area contributed by atoms with Gasteiger partial charge in [0.2, 0.25) is 5.02 Å². The number of hydrogen-bond donors (Lipinski definition) is 0. The summed E-state index contributed by atoms with van der Waals surface area (Å²) >= 11 is 11.3. The van der Waals surface area contributed by atoms with E-state index in [0.29, 0.717) is 11.8 Å². The molecule has 0 heterocycles. The van der Waals surface area contributed by atoms with Gasteiger partial charge in [0.1, 0.15) is 0 Å². The summed E-state index contributed by atoms with van der Waals surface area (Å²) < 4.78 is 5.57. The molecule has 0 aliphatic heterocycles. The summed E-state index contributed by atoms with van der Waals surface area (Å²) in [5, 5.41) is -0.674. The van der Waals surface area contributed by atoms with Crippen molar-refractivity contribution < 1.29 is 4.74 Å². The fourth-order valence-electron chi connectivity index (χ4n) is 2.40. The molecule has 3 heteroatoms. The highest BCUT2D eigenvalue weighted by atomic mass is 35.5. The van der Waals surface area contributed by atoms with Gasteiger partial charge in [0.15, 0.2) is 0 Å². The molecule has 3 atom stereocenters. The molecule has 0 aromatic carbocycles. The summed E-state index contributed by atoms with van der Waals surface area (Å²) in [7, 11) is 0. The quantitative estimate of drug-likeness (QED) is 0.670. The predicted octanol–water partition coefficient (Wildman–Crippen LogP) is 4.23. The van der Waals surface area contributed by atoms with Crippen molar-refractivity contribution in [1.82, 2.24) is 0 Å². The molecule has 1 saturated carbocycles. The fraction of sp³-hybridized carbons (Fsp3) is 1.00. The van der Waals surface area contributed by atoms with Crippen LogP contribution in [0.4, 0.5) is 0 Å². The first-order valence-electron chi connectivity index (χ1n) is 5.44. The van der Waals surface area contributed by atoms with Crippen molar-refractivity contribution in [2.24, 2.45) is 17.8 Å². The summed E-state index contributed by atoms with van der Waals surface area (Å²) in [4.78, 5) is 0. The first-order chi connectivity index (χ1) is 6.50. The van der Waals surface area contributed by atoms with E-state index >= 15 is 0 Å². The average Bonchev–Trinajstić information content (AvgIpc) is 2.01. The third-order valence-electron chi connectivity index (χ3n) is 3.24. The zero-order chi connectivity index (χ0) is 10.7. The van der Waals surface area contributed by atoms with Crippen LogP contribution in [0.25, 0.3) is 0 Å². The van der Waals surface area contributed by atoms with Crippen molar-refractivity contribution >= 4 is 23.2 Å². The van der Waals surface area contributed by atoms with Gasteiger partial charge in [0.05, 0.1) is 6.10 Å². The minimum atomic E-state index is -0.674. The van der Waals surface area contributed by atoms with E-state index in [4.69, 9.17) is 27.9 Å². The molecule has 0 spiro atoms. The molecule has 1 aliphatic carbocycles. The molecule has 0 saturated heterocycles. The highest BCUT2D eigenvalue weighted by molar-refractivity contribution is 6.43. The smallest absolute Gasteiger partial charge is 0.206 e. The Hall–Kier alpha value is 0.540. The summed E-state index contributed by atoms with van der Waals surface area (Å²) in [5.41, 5.74) is 0. The molecule has 1 nitrogen and oxygen atoms in total. The highest BCUT2D eigenvalue weighted by Gasteiger charge is 2.32. The first-order valence-corrected chi connectivity index (χ1v) is 6.31. The van der Waals surface area contributed by atoms with Crippen molar-refractivity contribution in [3.63, 3.8) is 0 Å². The van der Waals surface area contributed by atoms with Gasteiger partial charge in [-0.2, -0.15) is 0 Å². The van der Waals surface area contributed by atoms with E-state index in [1.54, 1.807) is 0 Å². The van der Waals surface area contributed by atoms with E-state index < -0.39 is 5.02 Å². The second kappa shape index (κ2) is 5.58. The van der Waals surface area contributed by atoms with Gasteiger partial charge in [0.25, 0.3) is 0 Å². The van der Waals surface area contributed by atoms with Crippen LogP contribution in [-0.4, -0.2) is 11.1 Å². The molecule has 0 radical (unpaired) electrons. The number of hydrogen-bond acceptors (Lipinski definition) is 1. The van der Waals surface area contributed by atoms with Crippen molar-refractivity contribution in [2.75, 3.05) is 0 Å². The van der Waals surface area contributed by atoms with Gasteiger partial charge in [0, 0.05) is 0 Å². The average molecular weight is 239 g/mol. The Bertz CT molecular complexity index is 169. The van der Waals surface area contributed by atoms with Crippen LogP contribution in [0.1, 0.15) is 40.0 Å². The largest absolute Gasteiger partial charge is 0.345 e. The van der Waals surface area contributed by atoms with E-state index in [1.807, 2.05) is 0 Å². The molecule has 14 heavy (non-hydrogen) atoms. The lowest BCUT2D eigenvalue weighted by Gasteiger charge is -2.37. The van der Waals surface area contributed by atoms with Crippen LogP contribution < -0.4 is 0 Å². The van der Waals surface area contributed by atoms with E-state index in [2.05, 4.69) is 20.8 Å². The third-order valence-corrected chi connectivity index (χ3v) is 3.44. The van der Waals surface area contributed by atoms with Gasteiger partial charge >= 0.3 is 0 Å². The highest BCUT2D eigenvalue weighted by Crippen LogP contribution is 2.36. The maximum absolute atomic E-state index is 5.67. The van der Waals surface area contributed by atoms with Gasteiger partial charge in [-0.1, -0.05) is 50.4 Å². The van der Waals surface area contributed by atoms with E-state index in [9.17, 15) is 0 Å². The van der Waals surface area contributed by atoms with Crippen LogP contribution in [0.3, 0.4) is 0 Å². The van der Waals surface area contributed by atoms with Crippen molar-refractivity contribution in [1.29, 1.82) is 0 Å². The molecule has 84 valence electrons. The zero-order valence-corrected chi connectivity index (χ0v) is 10.7. The van der Waals surface area contributed by atoms with Crippen LogP contribution in [0.2, 0.25) is 0 Å². The van der Waals surface area contributed by atoms with Gasteiger partial charge in [-0.05, 0) is 30.6 Å². The lowest BCUT2D eigenvalue weighted by atomic mass is 9.75. The summed E-state index contributed by atoms with van der Waals surface area (Å²) in [6.45, 7) is 6.76. The van der Waals surface area contributed by atoms with E-state index in [0.717, 1.165) is 12.3 Å². The lowest BCUT2D eigenvalue weighted by Crippen LogP contribution is -2.35. The molecule has 0 aromatic heterocycles. The van der Waals surface area contributed by atoms with Gasteiger partial charge < -0.3 is 4.74 Å². The summed E-state index contributed by atoms with van der Waals surface area (Å²) in [6.07, 6.45) is 3.89. The minimum Gasteiger partial charge on any atom is -0.345 e. The second-order valence-electron chi connectivity index (χ2n) is 4.76. The molecule has 0 N–H and O–H groups in total. The van der Waals surface area contributed by atoms with E-state index in [1.165, 1.54) is 12.8 Å². The predicted molar refractivity (Wildman–Crippen MR) is 61.7 cm³/mol. The zero-order valence-electron chi connectivity index (χ0n) is 9.17. The van der Waals surface area contributed by atoms with Crippen LogP contribution in [0.5, 0.6) is 0 Å². The molecule has 1 fully saturated rings. The Balaban J connectivity index is 2.54. The Morgan fingerprint density at radius 2 is 1.86 bits per heavy atom. The van der Waals surface area contributed by atoms with Crippen molar-refractivity contribution in [2.45, 2.75) is 51.2 Å². The maximum atomic E-state index is 5.67. The SMILES string of the molecule is CC1CCC(C(C)C)C(OC(Cl)Cl)C1. The monoisotopic (exact) mass is 238 g/mol. The topological polar surface area (TPSA) is 9.23 Å². The number of halogens is 2. The second-order valence-corrected chi connectivity index (χ2v) is 5.78. The summed E-state index contributed by atoms with van der Waals surface area (Å²) in [5.74, 6) is 2.01. The Morgan fingerprint density at radius 3 is 2.36 bits per heavy atom. The third kappa shape index (κ3) is 3.60. The van der Waals surface area contributed by atoms with Gasteiger partial charge in [-0.25, -0.2) is 0 Å². The van der Waals surface area contributed by atoms with Crippen molar-refractivity contribution in [3.8, 4) is 0 Å². The number of alkyl halides is 2. The number of ether oxygens (including phenoxy) is 1. The van der Waals surface area contributed by atoms with Crippen LogP contribution >= 0.6 is 23.2 Å². The first kappa shape index (κ1) is 12.6. The van der Waals surface area contributed by atoms with Crippen molar-refractivity contribution in [3.05, 3.63) is 0 Å². The Labute approximate surface area is 97.1 Å². The molecule has 1 aliphatic rings. The minimum absolute atomic E-state index is 0.249. The molecular weight excluding hydrogens is 219 g/mol. The molecule has 0 amide bonds. The Morgan fingerprint density at radius 1 is 1.21 bits per heavy atom. The van der Waals surface area contributed by atoms with Crippen LogP contribution in [0.15, 0.2) is 0 Å². The maximum Gasteiger partial charge on any atom is 0.206 e. The van der Waals surface area contributed by atoms with Crippen LogP contribution in [0, 0.1) is 17.8 Å². The fourth-order valence-corrected chi connectivity index (χ4v) is 2.67. The summed E-state index contributed by atoms with van der Waals surface area (Å²) in [6, 6.07) is 0. The molecule has 0 aromatic rings. The van der Waals surface area contributed by atoms with Gasteiger partial charge in [-0.3, -0.25) is 0 Å². The number of rotatable bonds is 3. The molecule has 3 unspecified atom stereocenters. The standard InChI is InChI=1S/C11H20Cl2O/c1-7(2)9-5-4-8(3)6-10(9)14-11(12)13/h7-11H,4-6H2,1-3H3. The van der Waals surface area contributed by atoms with E-state index in [-0.39, 0.29) is 6.10 Å². The molecular formula is C11H20Cl2O.